The fraction of sp³-hybridized carbons (Fsp3) is 0.684. The lowest BCUT2D eigenvalue weighted by Gasteiger charge is -2.35. The van der Waals surface area contributed by atoms with Crippen LogP contribution in [0.5, 0.6) is 0 Å². The van der Waals surface area contributed by atoms with Crippen molar-refractivity contribution >= 4 is 8.60 Å². The van der Waals surface area contributed by atoms with Gasteiger partial charge in [-0.15, -0.1) is 0 Å². The third-order valence-electron chi connectivity index (χ3n) is 3.54. The van der Waals surface area contributed by atoms with E-state index < -0.39 is 8.60 Å². The third kappa shape index (κ3) is 8.12. The lowest BCUT2D eigenvalue weighted by Crippen LogP contribution is -2.39. The predicted molar refractivity (Wildman–Crippen MR) is 105 cm³/mol. The van der Waals surface area contributed by atoms with E-state index in [0.717, 1.165) is 5.56 Å². The van der Waals surface area contributed by atoms with Gasteiger partial charge in [-0.25, -0.2) is 9.25 Å². The van der Waals surface area contributed by atoms with E-state index >= 15 is 0 Å². The molecule has 0 fully saturated rings. The molecule has 0 spiro atoms. The molecule has 0 N–H and O–H groups in total. The van der Waals surface area contributed by atoms with Gasteiger partial charge in [0.15, 0.2) is 0 Å². The normalized spacial score (nSPS) is 12.8. The molecule has 0 heterocycles. The minimum Gasteiger partial charge on any atom is -0.305 e. The maximum atomic E-state index is 6.14. The van der Waals surface area contributed by atoms with Crippen molar-refractivity contribution in [1.29, 1.82) is 0 Å². The smallest absolute Gasteiger partial charge is 0.305 e. The van der Waals surface area contributed by atoms with E-state index in [4.69, 9.17) is 13.8 Å². The second kappa shape index (κ2) is 11.2. The largest absolute Gasteiger partial charge is 0.369 e. The molecule has 0 saturated carbocycles. The van der Waals surface area contributed by atoms with E-state index in [1.807, 2.05) is 40.5 Å². The first-order valence-electron chi connectivity index (χ1n) is 9.12. The Labute approximate surface area is 155 Å². The Hall–Kier alpha value is -0.550. The standard InChI is InChI=1S/C19H35N2O3P/c1-15(2)20(16(3)4)23-25(24-21(17(5)6)18(7)8)22-14-19-12-10-9-11-13-19/h9-13,15-18H,14H2,1-8H3. The molecule has 6 heteroatoms. The van der Waals surface area contributed by atoms with Crippen LogP contribution in [0.1, 0.15) is 61.0 Å². The Bertz CT molecular complexity index is 431. The number of hydrogen-bond acceptors (Lipinski definition) is 5. The Morgan fingerprint density at radius 2 is 1.12 bits per heavy atom. The van der Waals surface area contributed by atoms with Gasteiger partial charge in [-0.05, 0) is 61.0 Å². The summed E-state index contributed by atoms with van der Waals surface area (Å²) in [7, 11) is -1.54. The average molecular weight is 370 g/mol. The highest BCUT2D eigenvalue weighted by molar-refractivity contribution is 7.41. The van der Waals surface area contributed by atoms with Crippen molar-refractivity contribution in [3.8, 4) is 0 Å². The van der Waals surface area contributed by atoms with Gasteiger partial charge < -0.3 is 4.52 Å². The fourth-order valence-corrected chi connectivity index (χ4v) is 3.93. The van der Waals surface area contributed by atoms with Crippen molar-refractivity contribution in [1.82, 2.24) is 10.1 Å². The molecule has 0 aromatic heterocycles. The molecule has 0 aliphatic rings. The Morgan fingerprint density at radius 1 is 0.720 bits per heavy atom. The quantitative estimate of drug-likeness (QED) is 0.378. The molecule has 1 rings (SSSR count). The lowest BCUT2D eigenvalue weighted by atomic mass is 10.2. The minimum absolute atomic E-state index is 0.237. The zero-order chi connectivity index (χ0) is 19.0. The Kier molecular flexibility index (Phi) is 10.1. The highest BCUT2D eigenvalue weighted by Crippen LogP contribution is 2.44. The summed E-state index contributed by atoms with van der Waals surface area (Å²) in [5, 5.41) is 3.88. The van der Waals surface area contributed by atoms with E-state index in [-0.39, 0.29) is 24.2 Å². The van der Waals surface area contributed by atoms with Gasteiger partial charge in [0.05, 0.1) is 6.61 Å². The Balaban J connectivity index is 2.84. The van der Waals surface area contributed by atoms with Crippen LogP contribution >= 0.6 is 8.60 Å². The van der Waals surface area contributed by atoms with Gasteiger partial charge in [-0.1, -0.05) is 30.3 Å². The number of nitrogens with zero attached hydrogens (tertiary/aromatic N) is 2. The SMILES string of the molecule is CC(C)N(OP(OCc1ccccc1)ON(C(C)C)C(C)C)C(C)C. The van der Waals surface area contributed by atoms with Crippen LogP contribution < -0.4 is 0 Å². The van der Waals surface area contributed by atoms with Crippen molar-refractivity contribution in [3.05, 3.63) is 35.9 Å². The fourth-order valence-electron chi connectivity index (χ4n) is 2.49. The number of benzene rings is 1. The summed E-state index contributed by atoms with van der Waals surface area (Å²) >= 11 is 0. The number of hydroxylamine groups is 4. The summed E-state index contributed by atoms with van der Waals surface area (Å²) in [4.78, 5) is 0. The van der Waals surface area contributed by atoms with Crippen LogP contribution in [-0.4, -0.2) is 34.3 Å². The van der Waals surface area contributed by atoms with Gasteiger partial charge in [-0.3, -0.25) is 0 Å². The van der Waals surface area contributed by atoms with Crippen molar-refractivity contribution in [3.63, 3.8) is 0 Å². The highest BCUT2D eigenvalue weighted by Gasteiger charge is 2.28. The van der Waals surface area contributed by atoms with E-state index in [2.05, 4.69) is 55.4 Å². The molecule has 1 aromatic carbocycles. The average Bonchev–Trinajstić information content (AvgIpc) is 2.53. The molecule has 1 aromatic rings. The van der Waals surface area contributed by atoms with Crippen LogP contribution in [0.15, 0.2) is 30.3 Å². The molecule has 0 aliphatic heterocycles. The molecule has 144 valence electrons. The summed E-state index contributed by atoms with van der Waals surface area (Å²) in [5.41, 5.74) is 1.10. The number of rotatable bonds is 11. The molecule has 0 saturated heterocycles. The van der Waals surface area contributed by atoms with E-state index in [0.29, 0.717) is 6.61 Å². The number of hydrogen-bond donors (Lipinski definition) is 0. The van der Waals surface area contributed by atoms with Gasteiger partial charge >= 0.3 is 8.60 Å². The lowest BCUT2D eigenvalue weighted by molar-refractivity contribution is -0.173. The van der Waals surface area contributed by atoms with E-state index in [1.54, 1.807) is 0 Å². The molecule has 0 unspecified atom stereocenters. The van der Waals surface area contributed by atoms with Crippen LogP contribution in [-0.2, 0) is 20.4 Å². The summed E-state index contributed by atoms with van der Waals surface area (Å²) in [6.07, 6.45) is 0. The van der Waals surface area contributed by atoms with Crippen LogP contribution in [0.25, 0.3) is 0 Å². The molecule has 0 radical (unpaired) electrons. The predicted octanol–water partition coefficient (Wildman–Crippen LogP) is 5.53. The zero-order valence-electron chi connectivity index (χ0n) is 17.0. The monoisotopic (exact) mass is 370 g/mol. The molecule has 0 aliphatic carbocycles. The van der Waals surface area contributed by atoms with Gasteiger partial charge in [0.1, 0.15) is 0 Å². The van der Waals surface area contributed by atoms with Crippen LogP contribution in [0.3, 0.4) is 0 Å². The summed E-state index contributed by atoms with van der Waals surface area (Å²) in [6, 6.07) is 11.0. The van der Waals surface area contributed by atoms with Gasteiger partial charge in [0.25, 0.3) is 0 Å². The maximum Gasteiger partial charge on any atom is 0.369 e. The first-order chi connectivity index (χ1) is 11.7. The second-order valence-corrected chi connectivity index (χ2v) is 8.27. The van der Waals surface area contributed by atoms with Crippen molar-refractivity contribution < 1.29 is 13.8 Å². The third-order valence-corrected chi connectivity index (χ3v) is 4.52. The molecular weight excluding hydrogens is 335 g/mol. The van der Waals surface area contributed by atoms with Crippen LogP contribution in [0.2, 0.25) is 0 Å². The van der Waals surface area contributed by atoms with Gasteiger partial charge in [0, 0.05) is 24.2 Å². The molecule has 25 heavy (non-hydrogen) atoms. The molecule has 5 nitrogen and oxygen atoms in total. The van der Waals surface area contributed by atoms with Crippen molar-refractivity contribution in [2.24, 2.45) is 0 Å². The van der Waals surface area contributed by atoms with Gasteiger partial charge in [0.2, 0.25) is 0 Å². The summed E-state index contributed by atoms with van der Waals surface area (Å²) in [5.74, 6) is 0. The molecular formula is C19H35N2O3P. The molecule has 0 atom stereocenters. The zero-order valence-corrected chi connectivity index (χ0v) is 17.9. The first-order valence-corrected chi connectivity index (χ1v) is 10.2. The molecule has 0 bridgehead atoms. The summed E-state index contributed by atoms with van der Waals surface area (Å²) in [6.45, 7) is 17.3. The highest BCUT2D eigenvalue weighted by atomic mass is 31.2. The maximum absolute atomic E-state index is 6.14. The van der Waals surface area contributed by atoms with Crippen LogP contribution in [0.4, 0.5) is 0 Å². The van der Waals surface area contributed by atoms with Crippen molar-refractivity contribution in [2.75, 3.05) is 0 Å². The van der Waals surface area contributed by atoms with Gasteiger partial charge in [-0.2, -0.15) is 10.1 Å². The second-order valence-electron chi connectivity index (χ2n) is 7.24. The topological polar surface area (TPSA) is 34.2 Å². The Morgan fingerprint density at radius 3 is 1.48 bits per heavy atom. The molecule has 0 amide bonds. The summed E-state index contributed by atoms with van der Waals surface area (Å²) < 4.78 is 18.3. The van der Waals surface area contributed by atoms with E-state index in [9.17, 15) is 0 Å². The van der Waals surface area contributed by atoms with Crippen LogP contribution in [0, 0.1) is 0 Å². The first kappa shape index (κ1) is 22.5. The minimum atomic E-state index is -1.54. The van der Waals surface area contributed by atoms with Crippen molar-refractivity contribution in [2.45, 2.75) is 86.2 Å². The van der Waals surface area contributed by atoms with E-state index in [1.165, 1.54) is 0 Å².